The fourth-order valence-electron chi connectivity index (χ4n) is 3.26. The van der Waals surface area contributed by atoms with Crippen LogP contribution in [0.1, 0.15) is 66.2 Å². The molecule has 0 aliphatic heterocycles. The lowest BCUT2D eigenvalue weighted by atomic mass is 9.72. The number of hydrogen-bond donors (Lipinski definition) is 2. The number of hydrogen-bond acceptors (Lipinski definition) is 2. The zero-order valence-corrected chi connectivity index (χ0v) is 12.5. The molecule has 0 spiro atoms. The number of carbonyl (C=O) groups excluding carboxylic acids is 1. The number of amides is 1. The van der Waals surface area contributed by atoms with Crippen LogP contribution in [0.15, 0.2) is 0 Å². The minimum atomic E-state index is -0.451. The van der Waals surface area contributed by atoms with E-state index < -0.39 is 5.54 Å². The van der Waals surface area contributed by atoms with Gasteiger partial charge in [0.05, 0.1) is 5.54 Å². The van der Waals surface area contributed by atoms with E-state index in [9.17, 15) is 4.79 Å². The van der Waals surface area contributed by atoms with Crippen molar-refractivity contribution in [2.75, 3.05) is 0 Å². The third-order valence-corrected chi connectivity index (χ3v) is 4.26. The summed E-state index contributed by atoms with van der Waals surface area (Å²) >= 11 is 0. The molecule has 1 aliphatic carbocycles. The molecule has 0 aromatic heterocycles. The molecule has 3 N–H and O–H groups in total. The second-order valence-corrected chi connectivity index (χ2v) is 6.49. The summed E-state index contributed by atoms with van der Waals surface area (Å²) in [6, 6.07) is 0.357. The average Bonchev–Trinajstić information content (AvgIpc) is 2.28. The van der Waals surface area contributed by atoms with Gasteiger partial charge in [-0.3, -0.25) is 4.79 Å². The predicted molar refractivity (Wildman–Crippen MR) is 76.2 cm³/mol. The summed E-state index contributed by atoms with van der Waals surface area (Å²) in [5, 5.41) is 3.51. The van der Waals surface area contributed by atoms with E-state index in [-0.39, 0.29) is 5.91 Å². The highest BCUT2D eigenvalue weighted by Gasteiger charge is 2.41. The lowest BCUT2D eigenvalue weighted by Gasteiger charge is -2.41. The van der Waals surface area contributed by atoms with Crippen LogP contribution in [0.25, 0.3) is 0 Å². The smallest absolute Gasteiger partial charge is 0.237 e. The molecule has 0 heterocycles. The zero-order valence-electron chi connectivity index (χ0n) is 12.5. The van der Waals surface area contributed by atoms with Gasteiger partial charge in [-0.15, -0.1) is 0 Å². The summed E-state index contributed by atoms with van der Waals surface area (Å²) in [4.78, 5) is 11.9. The number of nitrogens with one attached hydrogen (secondary N) is 1. The van der Waals surface area contributed by atoms with Crippen molar-refractivity contribution in [2.45, 2.75) is 77.8 Å². The Bertz CT molecular complexity index is 278. The predicted octanol–water partition coefficient (Wildman–Crippen LogP) is 2.83. The van der Waals surface area contributed by atoms with Gasteiger partial charge >= 0.3 is 0 Å². The SMILES string of the molecule is CCC(C)NC1(C(N)=O)CCCC(CC(C)C)C1. The molecular formula is C15H30N2O. The van der Waals surface area contributed by atoms with Crippen LogP contribution in [0.4, 0.5) is 0 Å². The molecule has 18 heavy (non-hydrogen) atoms. The summed E-state index contributed by atoms with van der Waals surface area (Å²) < 4.78 is 0. The van der Waals surface area contributed by atoms with Crippen LogP contribution >= 0.6 is 0 Å². The third kappa shape index (κ3) is 3.98. The Labute approximate surface area is 112 Å². The van der Waals surface area contributed by atoms with Crippen LogP contribution in [0.3, 0.4) is 0 Å². The van der Waals surface area contributed by atoms with E-state index in [0.29, 0.717) is 17.9 Å². The van der Waals surface area contributed by atoms with Gasteiger partial charge in [-0.05, 0) is 44.4 Å². The molecule has 0 aromatic carbocycles. The quantitative estimate of drug-likeness (QED) is 0.766. The Morgan fingerprint density at radius 2 is 2.11 bits per heavy atom. The summed E-state index contributed by atoms with van der Waals surface area (Å²) in [6.07, 6.45) is 6.42. The van der Waals surface area contributed by atoms with Crippen LogP contribution in [0, 0.1) is 11.8 Å². The van der Waals surface area contributed by atoms with Crippen LogP contribution in [0.5, 0.6) is 0 Å². The summed E-state index contributed by atoms with van der Waals surface area (Å²) in [6.45, 7) is 8.78. The fourth-order valence-corrected chi connectivity index (χ4v) is 3.26. The zero-order chi connectivity index (χ0) is 13.8. The molecule has 1 saturated carbocycles. The summed E-state index contributed by atoms with van der Waals surface area (Å²) in [5.41, 5.74) is 5.25. The first kappa shape index (κ1) is 15.5. The third-order valence-electron chi connectivity index (χ3n) is 4.26. The molecule has 0 aromatic rings. The van der Waals surface area contributed by atoms with Gasteiger partial charge in [-0.1, -0.05) is 33.6 Å². The summed E-state index contributed by atoms with van der Waals surface area (Å²) in [7, 11) is 0. The van der Waals surface area contributed by atoms with Crippen LogP contribution in [-0.4, -0.2) is 17.5 Å². The fraction of sp³-hybridized carbons (Fsp3) is 0.933. The lowest BCUT2D eigenvalue weighted by Crippen LogP contribution is -2.60. The van der Waals surface area contributed by atoms with E-state index in [1.165, 1.54) is 12.8 Å². The standard InChI is InChI=1S/C15H30N2O/c1-5-12(4)17-15(14(16)18)8-6-7-13(10-15)9-11(2)3/h11-13,17H,5-10H2,1-4H3,(H2,16,18). The van der Waals surface area contributed by atoms with Gasteiger partial charge in [0.1, 0.15) is 0 Å². The molecule has 3 unspecified atom stereocenters. The molecule has 1 aliphatic rings. The van der Waals surface area contributed by atoms with Gasteiger partial charge in [0.2, 0.25) is 5.91 Å². The van der Waals surface area contributed by atoms with Crippen molar-refractivity contribution in [3.8, 4) is 0 Å². The van der Waals surface area contributed by atoms with E-state index in [1.54, 1.807) is 0 Å². The van der Waals surface area contributed by atoms with Crippen LogP contribution in [-0.2, 0) is 4.79 Å². The van der Waals surface area contributed by atoms with Gasteiger partial charge in [0.15, 0.2) is 0 Å². The minimum Gasteiger partial charge on any atom is -0.368 e. The Balaban J connectivity index is 2.74. The van der Waals surface area contributed by atoms with Crippen molar-refractivity contribution in [3.05, 3.63) is 0 Å². The highest BCUT2D eigenvalue weighted by atomic mass is 16.1. The van der Waals surface area contributed by atoms with E-state index in [1.807, 2.05) is 0 Å². The van der Waals surface area contributed by atoms with Crippen molar-refractivity contribution >= 4 is 5.91 Å². The molecule has 3 nitrogen and oxygen atoms in total. The Morgan fingerprint density at radius 1 is 1.44 bits per heavy atom. The maximum atomic E-state index is 11.9. The van der Waals surface area contributed by atoms with Crippen molar-refractivity contribution in [1.29, 1.82) is 0 Å². The van der Waals surface area contributed by atoms with Crippen molar-refractivity contribution in [3.63, 3.8) is 0 Å². The molecule has 3 atom stereocenters. The van der Waals surface area contributed by atoms with Gasteiger partial charge in [-0.25, -0.2) is 0 Å². The van der Waals surface area contributed by atoms with Gasteiger partial charge in [0.25, 0.3) is 0 Å². The highest BCUT2D eigenvalue weighted by molar-refractivity contribution is 5.84. The number of primary amides is 1. The minimum absolute atomic E-state index is 0.156. The monoisotopic (exact) mass is 254 g/mol. The molecule has 0 radical (unpaired) electrons. The van der Waals surface area contributed by atoms with E-state index in [0.717, 1.165) is 25.7 Å². The molecule has 1 fully saturated rings. The van der Waals surface area contributed by atoms with E-state index >= 15 is 0 Å². The van der Waals surface area contributed by atoms with Crippen molar-refractivity contribution in [2.24, 2.45) is 17.6 Å². The first-order chi connectivity index (χ1) is 8.39. The summed E-state index contributed by atoms with van der Waals surface area (Å²) in [5.74, 6) is 1.18. The molecule has 106 valence electrons. The highest BCUT2D eigenvalue weighted by Crippen LogP contribution is 2.36. The molecule has 1 amide bonds. The van der Waals surface area contributed by atoms with Crippen LogP contribution in [0.2, 0.25) is 0 Å². The first-order valence-electron chi connectivity index (χ1n) is 7.47. The molecular weight excluding hydrogens is 224 g/mol. The van der Waals surface area contributed by atoms with Gasteiger partial charge in [0, 0.05) is 6.04 Å². The average molecular weight is 254 g/mol. The maximum Gasteiger partial charge on any atom is 0.237 e. The normalized spacial score (nSPS) is 30.4. The maximum absolute atomic E-state index is 11.9. The number of rotatable bonds is 6. The Kier molecular flexibility index (Phi) is 5.64. The van der Waals surface area contributed by atoms with E-state index in [2.05, 4.69) is 33.0 Å². The first-order valence-corrected chi connectivity index (χ1v) is 7.47. The molecule has 3 heteroatoms. The van der Waals surface area contributed by atoms with Crippen molar-refractivity contribution < 1.29 is 4.79 Å². The number of nitrogens with two attached hydrogens (primary N) is 1. The second kappa shape index (κ2) is 6.55. The van der Waals surface area contributed by atoms with Gasteiger partial charge in [-0.2, -0.15) is 0 Å². The van der Waals surface area contributed by atoms with Crippen molar-refractivity contribution in [1.82, 2.24) is 5.32 Å². The lowest BCUT2D eigenvalue weighted by molar-refractivity contribution is -0.127. The Hall–Kier alpha value is -0.570. The molecule has 0 saturated heterocycles. The largest absolute Gasteiger partial charge is 0.368 e. The second-order valence-electron chi connectivity index (χ2n) is 6.49. The Morgan fingerprint density at radius 3 is 2.61 bits per heavy atom. The van der Waals surface area contributed by atoms with Gasteiger partial charge < -0.3 is 11.1 Å². The van der Waals surface area contributed by atoms with Crippen LogP contribution < -0.4 is 11.1 Å². The topological polar surface area (TPSA) is 55.1 Å². The molecule has 1 rings (SSSR count). The molecule has 0 bridgehead atoms. The number of carbonyl (C=O) groups is 1. The van der Waals surface area contributed by atoms with E-state index in [4.69, 9.17) is 5.73 Å².